The van der Waals surface area contributed by atoms with Gasteiger partial charge in [0, 0.05) is 12.1 Å². The summed E-state index contributed by atoms with van der Waals surface area (Å²) in [7, 11) is 1.40. The summed E-state index contributed by atoms with van der Waals surface area (Å²) in [6, 6.07) is 6.06. The van der Waals surface area contributed by atoms with Crippen molar-refractivity contribution in [3.63, 3.8) is 0 Å². The van der Waals surface area contributed by atoms with Crippen LogP contribution in [-0.2, 0) is 16.1 Å². The molecule has 0 saturated carbocycles. The Morgan fingerprint density at radius 2 is 2.05 bits per heavy atom. The van der Waals surface area contributed by atoms with E-state index in [-0.39, 0.29) is 5.97 Å². The molecule has 1 N–H and O–H groups in total. The number of hydrogen-bond donors (Lipinski definition) is 1. The van der Waals surface area contributed by atoms with Crippen molar-refractivity contribution in [2.45, 2.75) is 34.2 Å². The highest BCUT2D eigenvalue weighted by Gasteiger charge is 2.30. The van der Waals surface area contributed by atoms with Gasteiger partial charge in [0.15, 0.2) is 0 Å². The SMILES string of the molecule is CCNCc1cccc(C)c1OCC(C)(C)C(=O)OC. The van der Waals surface area contributed by atoms with Gasteiger partial charge in [-0.3, -0.25) is 4.79 Å². The van der Waals surface area contributed by atoms with Crippen LogP contribution in [0.1, 0.15) is 31.9 Å². The summed E-state index contributed by atoms with van der Waals surface area (Å²) in [5.74, 6) is 0.588. The molecule has 4 nitrogen and oxygen atoms in total. The summed E-state index contributed by atoms with van der Waals surface area (Å²) in [5.41, 5.74) is 1.51. The molecule has 1 aromatic carbocycles. The van der Waals surface area contributed by atoms with E-state index < -0.39 is 5.41 Å². The third kappa shape index (κ3) is 4.23. The van der Waals surface area contributed by atoms with Crippen LogP contribution in [0.15, 0.2) is 18.2 Å². The Bertz CT molecular complexity index is 455. The van der Waals surface area contributed by atoms with Gasteiger partial charge in [-0.25, -0.2) is 0 Å². The van der Waals surface area contributed by atoms with E-state index in [1.807, 2.05) is 39.0 Å². The first kappa shape index (κ1) is 16.5. The number of para-hydroxylation sites is 1. The molecule has 0 spiro atoms. The monoisotopic (exact) mass is 279 g/mol. The molecular formula is C16H25NO3. The maximum Gasteiger partial charge on any atom is 0.314 e. The van der Waals surface area contributed by atoms with Crippen LogP contribution in [0.25, 0.3) is 0 Å². The molecule has 0 aromatic heterocycles. The predicted octanol–water partition coefficient (Wildman–Crippen LogP) is 2.68. The lowest BCUT2D eigenvalue weighted by molar-refractivity contribution is -0.152. The number of benzene rings is 1. The third-order valence-electron chi connectivity index (χ3n) is 3.17. The molecule has 0 amide bonds. The maximum absolute atomic E-state index is 11.7. The lowest BCUT2D eigenvalue weighted by atomic mass is 9.95. The molecule has 0 radical (unpaired) electrons. The van der Waals surface area contributed by atoms with Crippen LogP contribution in [0.3, 0.4) is 0 Å². The van der Waals surface area contributed by atoms with Crippen molar-refractivity contribution in [3.8, 4) is 5.75 Å². The Hall–Kier alpha value is -1.55. The average Bonchev–Trinajstić information content (AvgIpc) is 2.43. The molecule has 0 atom stereocenters. The lowest BCUT2D eigenvalue weighted by Crippen LogP contribution is -2.32. The van der Waals surface area contributed by atoms with E-state index in [0.717, 1.165) is 30.0 Å². The van der Waals surface area contributed by atoms with Gasteiger partial charge in [0.05, 0.1) is 12.5 Å². The molecule has 0 fully saturated rings. The van der Waals surface area contributed by atoms with E-state index in [0.29, 0.717) is 6.61 Å². The van der Waals surface area contributed by atoms with Crippen molar-refractivity contribution in [1.29, 1.82) is 0 Å². The Balaban J connectivity index is 2.83. The Kier molecular flexibility index (Phi) is 6.02. The Morgan fingerprint density at radius 1 is 1.35 bits per heavy atom. The van der Waals surface area contributed by atoms with Gasteiger partial charge in [0.25, 0.3) is 0 Å². The van der Waals surface area contributed by atoms with Gasteiger partial charge in [0.1, 0.15) is 12.4 Å². The van der Waals surface area contributed by atoms with E-state index in [9.17, 15) is 4.79 Å². The van der Waals surface area contributed by atoms with Crippen molar-refractivity contribution < 1.29 is 14.3 Å². The minimum absolute atomic E-state index is 0.265. The molecule has 1 aromatic rings. The number of carbonyl (C=O) groups is 1. The van der Waals surface area contributed by atoms with Gasteiger partial charge in [-0.2, -0.15) is 0 Å². The molecule has 20 heavy (non-hydrogen) atoms. The van der Waals surface area contributed by atoms with Crippen molar-refractivity contribution in [1.82, 2.24) is 5.32 Å². The standard InChI is InChI=1S/C16H25NO3/c1-6-17-10-13-9-7-8-12(2)14(13)20-11-16(3,4)15(18)19-5/h7-9,17H,6,10-11H2,1-5H3. The zero-order valence-corrected chi connectivity index (χ0v) is 13.1. The van der Waals surface area contributed by atoms with Gasteiger partial charge in [-0.05, 0) is 32.9 Å². The quantitative estimate of drug-likeness (QED) is 0.780. The number of carbonyl (C=O) groups excluding carboxylic acids is 1. The van der Waals surface area contributed by atoms with Crippen LogP contribution in [0.5, 0.6) is 5.75 Å². The van der Waals surface area contributed by atoms with E-state index in [1.165, 1.54) is 7.11 Å². The van der Waals surface area contributed by atoms with Crippen LogP contribution in [-0.4, -0.2) is 26.2 Å². The van der Waals surface area contributed by atoms with Crippen molar-refractivity contribution in [3.05, 3.63) is 29.3 Å². The number of nitrogens with one attached hydrogen (secondary N) is 1. The van der Waals surface area contributed by atoms with Crippen LogP contribution >= 0.6 is 0 Å². The first-order valence-electron chi connectivity index (χ1n) is 6.92. The highest BCUT2D eigenvalue weighted by atomic mass is 16.5. The fourth-order valence-corrected chi connectivity index (χ4v) is 1.91. The van der Waals surface area contributed by atoms with Crippen LogP contribution < -0.4 is 10.1 Å². The summed E-state index contributed by atoms with van der Waals surface area (Å²) in [5, 5.41) is 3.29. The topological polar surface area (TPSA) is 47.6 Å². The van der Waals surface area contributed by atoms with E-state index in [4.69, 9.17) is 9.47 Å². The molecule has 0 unspecified atom stereocenters. The number of aryl methyl sites for hydroxylation is 1. The van der Waals surface area contributed by atoms with Crippen molar-refractivity contribution >= 4 is 5.97 Å². The normalized spacial score (nSPS) is 11.2. The summed E-state index contributed by atoms with van der Waals surface area (Å²) in [6.45, 7) is 9.67. The van der Waals surface area contributed by atoms with Gasteiger partial charge in [-0.1, -0.05) is 25.1 Å². The molecule has 112 valence electrons. The fraction of sp³-hybridized carbons (Fsp3) is 0.562. The highest BCUT2D eigenvalue weighted by Crippen LogP contribution is 2.26. The first-order chi connectivity index (χ1) is 9.42. The minimum atomic E-state index is -0.660. The molecule has 4 heteroatoms. The van der Waals surface area contributed by atoms with Gasteiger partial charge in [0.2, 0.25) is 0 Å². The number of rotatable bonds is 7. The number of methoxy groups -OCH3 is 1. The second kappa shape index (κ2) is 7.29. The van der Waals surface area contributed by atoms with Gasteiger partial charge < -0.3 is 14.8 Å². The Morgan fingerprint density at radius 3 is 2.65 bits per heavy atom. The molecule has 0 heterocycles. The van der Waals surface area contributed by atoms with Gasteiger partial charge >= 0.3 is 5.97 Å². The molecule has 0 aliphatic carbocycles. The summed E-state index contributed by atoms with van der Waals surface area (Å²) in [6.07, 6.45) is 0. The van der Waals surface area contributed by atoms with Crippen LogP contribution in [0, 0.1) is 12.3 Å². The smallest absolute Gasteiger partial charge is 0.314 e. The average molecular weight is 279 g/mol. The number of hydrogen-bond acceptors (Lipinski definition) is 4. The van der Waals surface area contributed by atoms with Crippen LogP contribution in [0.4, 0.5) is 0 Å². The fourth-order valence-electron chi connectivity index (χ4n) is 1.91. The molecule has 0 bridgehead atoms. The van der Waals surface area contributed by atoms with Gasteiger partial charge in [-0.15, -0.1) is 0 Å². The molecule has 1 rings (SSSR count). The minimum Gasteiger partial charge on any atom is -0.492 e. The zero-order chi connectivity index (χ0) is 15.2. The van der Waals surface area contributed by atoms with E-state index >= 15 is 0 Å². The maximum atomic E-state index is 11.7. The second-order valence-corrected chi connectivity index (χ2v) is 5.51. The second-order valence-electron chi connectivity index (χ2n) is 5.51. The highest BCUT2D eigenvalue weighted by molar-refractivity contribution is 5.75. The Labute approximate surface area is 121 Å². The molecular weight excluding hydrogens is 254 g/mol. The summed E-state index contributed by atoms with van der Waals surface area (Å²) >= 11 is 0. The largest absolute Gasteiger partial charge is 0.492 e. The third-order valence-corrected chi connectivity index (χ3v) is 3.17. The molecule has 0 saturated heterocycles. The molecule has 0 aliphatic heterocycles. The zero-order valence-electron chi connectivity index (χ0n) is 13.1. The first-order valence-corrected chi connectivity index (χ1v) is 6.92. The molecule has 0 aliphatic rings. The summed E-state index contributed by atoms with van der Waals surface area (Å²) in [4.78, 5) is 11.7. The van der Waals surface area contributed by atoms with Crippen molar-refractivity contribution in [2.75, 3.05) is 20.3 Å². The van der Waals surface area contributed by atoms with E-state index in [1.54, 1.807) is 0 Å². The number of esters is 1. The predicted molar refractivity (Wildman–Crippen MR) is 79.9 cm³/mol. The van der Waals surface area contributed by atoms with Crippen molar-refractivity contribution in [2.24, 2.45) is 5.41 Å². The number of ether oxygens (including phenoxy) is 2. The summed E-state index contributed by atoms with van der Waals surface area (Å²) < 4.78 is 10.7. The van der Waals surface area contributed by atoms with E-state index in [2.05, 4.69) is 12.2 Å². The van der Waals surface area contributed by atoms with Crippen LogP contribution in [0.2, 0.25) is 0 Å². The lowest BCUT2D eigenvalue weighted by Gasteiger charge is -2.23.